The Morgan fingerprint density at radius 1 is 1.20 bits per heavy atom. The molecule has 1 aromatic carbocycles. The zero-order valence-corrected chi connectivity index (χ0v) is 18.2. The maximum atomic E-state index is 13.5. The number of nitrogens with one attached hydrogen (secondary N) is 2. The number of carbonyl (C=O) groups is 3. The van der Waals surface area contributed by atoms with Crippen LogP contribution in [0.3, 0.4) is 0 Å². The fourth-order valence-corrected chi connectivity index (χ4v) is 5.43. The lowest BCUT2D eigenvalue weighted by atomic mass is 9.75. The van der Waals surface area contributed by atoms with Crippen LogP contribution in [0, 0.1) is 17.8 Å². The Morgan fingerprint density at radius 3 is 2.63 bits per heavy atom. The van der Waals surface area contributed by atoms with Crippen molar-refractivity contribution in [1.29, 1.82) is 0 Å². The molecule has 2 fully saturated rings. The average molecular weight is 414 g/mol. The molecule has 4 atom stereocenters. The van der Waals surface area contributed by atoms with Gasteiger partial charge in [0.1, 0.15) is 5.54 Å². The monoisotopic (exact) mass is 413 g/mol. The summed E-state index contributed by atoms with van der Waals surface area (Å²) < 4.78 is 5.10. The number of fused-ring (bicyclic) bond motifs is 4. The molecule has 4 unspecified atom stereocenters. The van der Waals surface area contributed by atoms with Gasteiger partial charge in [-0.05, 0) is 36.8 Å². The number of carbonyl (C=O) groups excluding carboxylic acids is 3. The van der Waals surface area contributed by atoms with Crippen molar-refractivity contribution in [2.75, 3.05) is 25.6 Å². The van der Waals surface area contributed by atoms with E-state index in [0.29, 0.717) is 25.5 Å². The van der Waals surface area contributed by atoms with Crippen LogP contribution in [-0.2, 0) is 31.1 Å². The second-order valence-corrected chi connectivity index (χ2v) is 9.05. The van der Waals surface area contributed by atoms with Gasteiger partial charge >= 0.3 is 0 Å². The smallest absolute Gasteiger partial charge is 0.250 e. The minimum absolute atomic E-state index is 0.163. The first kappa shape index (κ1) is 21.0. The minimum atomic E-state index is -1.19. The molecular formula is C23H31N3O4. The second kappa shape index (κ2) is 7.78. The first-order valence-corrected chi connectivity index (χ1v) is 10.9. The third-order valence-corrected chi connectivity index (χ3v) is 6.73. The van der Waals surface area contributed by atoms with Gasteiger partial charge in [-0.25, -0.2) is 0 Å². The molecule has 3 aliphatic rings. The molecule has 4 rings (SSSR count). The predicted octanol–water partition coefficient (Wildman–Crippen LogP) is 2.05. The van der Waals surface area contributed by atoms with Crippen LogP contribution in [0.5, 0.6) is 0 Å². The lowest BCUT2D eigenvalue weighted by Crippen LogP contribution is -2.53. The van der Waals surface area contributed by atoms with E-state index >= 15 is 0 Å². The molecule has 2 saturated heterocycles. The van der Waals surface area contributed by atoms with Crippen molar-refractivity contribution in [3.63, 3.8) is 0 Å². The first-order valence-electron chi connectivity index (χ1n) is 10.9. The maximum absolute atomic E-state index is 13.5. The molecule has 7 nitrogen and oxygen atoms in total. The lowest BCUT2D eigenvalue weighted by Gasteiger charge is -2.30. The van der Waals surface area contributed by atoms with Gasteiger partial charge in [0.15, 0.2) is 0 Å². The summed E-state index contributed by atoms with van der Waals surface area (Å²) in [5.41, 5.74) is 1.44. The van der Waals surface area contributed by atoms with Gasteiger partial charge in [-0.1, -0.05) is 32.9 Å². The number of aryl methyl sites for hydroxylation is 1. The van der Waals surface area contributed by atoms with E-state index in [1.807, 2.05) is 18.2 Å². The van der Waals surface area contributed by atoms with Gasteiger partial charge in [0, 0.05) is 37.6 Å². The van der Waals surface area contributed by atoms with Gasteiger partial charge in [0.25, 0.3) is 0 Å². The second-order valence-electron chi connectivity index (χ2n) is 9.05. The summed E-state index contributed by atoms with van der Waals surface area (Å²) in [5.74, 6) is -1.55. The number of hydrogen-bond acceptors (Lipinski definition) is 5. The number of ether oxygens (including phenoxy) is 1. The summed E-state index contributed by atoms with van der Waals surface area (Å²) in [5, 5.41) is 6.47. The topological polar surface area (TPSA) is 87.7 Å². The molecule has 0 bridgehead atoms. The summed E-state index contributed by atoms with van der Waals surface area (Å²) in [6, 6.07) is 5.70. The normalized spacial score (nSPS) is 29.8. The number of imide groups is 1. The minimum Gasteiger partial charge on any atom is -0.385 e. The van der Waals surface area contributed by atoms with Crippen LogP contribution in [0.15, 0.2) is 18.2 Å². The van der Waals surface area contributed by atoms with Gasteiger partial charge in [-0.15, -0.1) is 0 Å². The third-order valence-electron chi connectivity index (χ3n) is 6.73. The Balaban J connectivity index is 1.80. The Kier molecular flexibility index (Phi) is 5.45. The average Bonchev–Trinajstić information content (AvgIpc) is 3.27. The summed E-state index contributed by atoms with van der Waals surface area (Å²) >= 11 is 0. The Morgan fingerprint density at radius 2 is 1.97 bits per heavy atom. The molecule has 0 aliphatic carbocycles. The van der Waals surface area contributed by atoms with E-state index in [1.165, 1.54) is 4.90 Å². The van der Waals surface area contributed by atoms with E-state index in [2.05, 4.69) is 31.4 Å². The Bertz CT molecular complexity index is 883. The van der Waals surface area contributed by atoms with Crippen LogP contribution in [0.1, 0.15) is 44.7 Å². The standard InChI is InChI=1S/C23H31N3O4/c1-5-14-7-8-16-15(12-14)23(22(29)24-16)19-18(17(25-23)11-13(2)3)20(27)26(21(19)28)9-6-10-30-4/h7-8,12-13,17-19,25H,5-6,9-11H2,1-4H3,(H,24,29). The van der Waals surface area contributed by atoms with Crippen molar-refractivity contribution in [3.8, 4) is 0 Å². The molecule has 0 saturated carbocycles. The number of benzene rings is 1. The zero-order valence-electron chi connectivity index (χ0n) is 18.2. The molecule has 2 N–H and O–H groups in total. The third kappa shape index (κ3) is 2.98. The Hall–Kier alpha value is -2.25. The number of rotatable bonds is 7. The number of likely N-dealkylation sites (tertiary alicyclic amines) is 1. The number of anilines is 1. The van der Waals surface area contributed by atoms with E-state index in [-0.39, 0.29) is 23.8 Å². The van der Waals surface area contributed by atoms with Crippen molar-refractivity contribution < 1.29 is 19.1 Å². The highest BCUT2D eigenvalue weighted by atomic mass is 16.5. The van der Waals surface area contributed by atoms with Gasteiger partial charge in [-0.3, -0.25) is 24.6 Å². The quantitative estimate of drug-likeness (QED) is 0.528. The summed E-state index contributed by atoms with van der Waals surface area (Å²) in [7, 11) is 1.60. The van der Waals surface area contributed by atoms with E-state index in [1.54, 1.807) is 7.11 Å². The molecule has 1 aromatic rings. The molecule has 7 heteroatoms. The number of nitrogens with zero attached hydrogens (tertiary/aromatic N) is 1. The molecule has 162 valence electrons. The fraction of sp³-hybridized carbons (Fsp3) is 0.609. The van der Waals surface area contributed by atoms with Crippen molar-refractivity contribution in [2.24, 2.45) is 17.8 Å². The molecule has 30 heavy (non-hydrogen) atoms. The number of amides is 3. The summed E-state index contributed by atoms with van der Waals surface area (Å²) in [6.07, 6.45) is 2.15. The van der Waals surface area contributed by atoms with Crippen LogP contribution in [0.2, 0.25) is 0 Å². The highest BCUT2D eigenvalue weighted by molar-refractivity contribution is 6.15. The molecule has 1 spiro atoms. The van der Waals surface area contributed by atoms with Crippen LogP contribution in [-0.4, -0.2) is 48.9 Å². The van der Waals surface area contributed by atoms with Gasteiger partial charge in [0.2, 0.25) is 17.7 Å². The molecule has 0 radical (unpaired) electrons. The van der Waals surface area contributed by atoms with Crippen molar-refractivity contribution in [2.45, 2.75) is 51.6 Å². The van der Waals surface area contributed by atoms with Crippen molar-refractivity contribution in [1.82, 2.24) is 10.2 Å². The van der Waals surface area contributed by atoms with Gasteiger partial charge in [0.05, 0.1) is 11.8 Å². The van der Waals surface area contributed by atoms with Crippen LogP contribution in [0.4, 0.5) is 5.69 Å². The molecule has 3 aliphatic heterocycles. The predicted molar refractivity (Wildman–Crippen MR) is 113 cm³/mol. The highest BCUT2D eigenvalue weighted by Gasteiger charge is 2.70. The van der Waals surface area contributed by atoms with Crippen molar-refractivity contribution in [3.05, 3.63) is 29.3 Å². The zero-order chi connectivity index (χ0) is 21.6. The first-order chi connectivity index (χ1) is 14.3. The summed E-state index contributed by atoms with van der Waals surface area (Å²) in [4.78, 5) is 41.6. The van der Waals surface area contributed by atoms with Gasteiger partial charge in [-0.2, -0.15) is 0 Å². The molecule has 3 amide bonds. The van der Waals surface area contributed by atoms with E-state index in [9.17, 15) is 14.4 Å². The fourth-order valence-electron chi connectivity index (χ4n) is 5.43. The van der Waals surface area contributed by atoms with E-state index < -0.39 is 17.4 Å². The molecule has 3 heterocycles. The maximum Gasteiger partial charge on any atom is 0.250 e. The SMILES string of the molecule is CCc1ccc2c(c1)C1(NC(CC(C)C)C3C(=O)N(CCCOC)C(=O)C31)C(=O)N2. The Labute approximate surface area is 177 Å². The van der Waals surface area contributed by atoms with Gasteiger partial charge < -0.3 is 10.1 Å². The highest BCUT2D eigenvalue weighted by Crippen LogP contribution is 2.53. The van der Waals surface area contributed by atoms with Crippen molar-refractivity contribution >= 4 is 23.4 Å². The molecular weight excluding hydrogens is 382 g/mol. The largest absolute Gasteiger partial charge is 0.385 e. The van der Waals surface area contributed by atoms with Crippen LogP contribution < -0.4 is 10.6 Å². The van der Waals surface area contributed by atoms with Crippen LogP contribution in [0.25, 0.3) is 0 Å². The summed E-state index contributed by atoms with van der Waals surface area (Å²) in [6.45, 7) is 7.06. The van der Waals surface area contributed by atoms with E-state index in [0.717, 1.165) is 29.7 Å². The van der Waals surface area contributed by atoms with Crippen LogP contribution >= 0.6 is 0 Å². The number of hydrogen-bond donors (Lipinski definition) is 2. The lowest BCUT2D eigenvalue weighted by molar-refractivity contribution is -0.143. The van der Waals surface area contributed by atoms with E-state index in [4.69, 9.17) is 4.74 Å². The molecule has 0 aromatic heterocycles. The number of methoxy groups -OCH3 is 1.